The highest BCUT2D eigenvalue weighted by molar-refractivity contribution is 5.88. The number of rotatable bonds is 5. The van der Waals surface area contributed by atoms with Crippen LogP contribution in [0.1, 0.15) is 10.4 Å². The molecule has 0 aliphatic rings. The molecule has 5 heteroatoms. The number of hydrogen-bond donors (Lipinski definition) is 2. The van der Waals surface area contributed by atoms with E-state index in [-0.39, 0.29) is 5.56 Å². The normalized spacial score (nSPS) is 9.73. The Morgan fingerprint density at radius 2 is 2.20 bits per heavy atom. The topological polar surface area (TPSA) is 81.8 Å². The molecule has 0 aliphatic carbocycles. The highest BCUT2D eigenvalue weighted by Gasteiger charge is 2.09. The summed E-state index contributed by atoms with van der Waals surface area (Å²) in [6.45, 7) is 0.757. The van der Waals surface area contributed by atoms with Gasteiger partial charge in [0, 0.05) is 6.54 Å². The van der Waals surface area contributed by atoms with Crippen molar-refractivity contribution in [2.75, 3.05) is 20.3 Å². The number of carbonyl (C=O) groups is 1. The second kappa shape index (κ2) is 5.21. The number of nitrogens with two attached hydrogens (primary N) is 1. The van der Waals surface area contributed by atoms with Gasteiger partial charge in [0.1, 0.15) is 6.61 Å². The Bertz CT molecular complexity index is 351. The minimum atomic E-state index is -1.00. The third-order valence-electron chi connectivity index (χ3n) is 1.79. The summed E-state index contributed by atoms with van der Waals surface area (Å²) in [7, 11) is 1.45. The molecule has 0 aliphatic heterocycles. The maximum absolute atomic E-state index is 10.7. The van der Waals surface area contributed by atoms with Gasteiger partial charge in [-0.15, -0.1) is 0 Å². The first kappa shape index (κ1) is 11.3. The van der Waals surface area contributed by atoms with E-state index in [1.165, 1.54) is 19.2 Å². The molecule has 5 nitrogen and oxygen atoms in total. The fourth-order valence-corrected chi connectivity index (χ4v) is 1.09. The first-order chi connectivity index (χ1) is 7.19. The molecule has 0 radical (unpaired) electrons. The van der Waals surface area contributed by atoms with Crippen LogP contribution in [0.4, 0.5) is 0 Å². The van der Waals surface area contributed by atoms with Crippen molar-refractivity contribution < 1.29 is 19.4 Å². The SMILES string of the molecule is COc1cc(C(=O)O)ccc1OCCN. The van der Waals surface area contributed by atoms with Gasteiger partial charge in [-0.25, -0.2) is 4.79 Å². The average molecular weight is 211 g/mol. The van der Waals surface area contributed by atoms with Crippen LogP contribution < -0.4 is 15.2 Å². The number of carboxylic acids is 1. The predicted octanol–water partition coefficient (Wildman–Crippen LogP) is 0.731. The van der Waals surface area contributed by atoms with Crippen molar-refractivity contribution in [2.45, 2.75) is 0 Å². The molecule has 3 N–H and O–H groups in total. The highest BCUT2D eigenvalue weighted by atomic mass is 16.5. The second-order valence-corrected chi connectivity index (χ2v) is 2.81. The third-order valence-corrected chi connectivity index (χ3v) is 1.79. The fourth-order valence-electron chi connectivity index (χ4n) is 1.09. The summed E-state index contributed by atoms with van der Waals surface area (Å²) in [6, 6.07) is 4.42. The lowest BCUT2D eigenvalue weighted by atomic mass is 10.2. The smallest absolute Gasteiger partial charge is 0.335 e. The molecule has 1 rings (SSSR count). The molecule has 0 spiro atoms. The van der Waals surface area contributed by atoms with Gasteiger partial charge in [-0.3, -0.25) is 0 Å². The number of ether oxygens (including phenoxy) is 2. The van der Waals surface area contributed by atoms with Gasteiger partial charge in [0.05, 0.1) is 12.7 Å². The largest absolute Gasteiger partial charge is 0.493 e. The summed E-state index contributed by atoms with van der Waals surface area (Å²) in [6.07, 6.45) is 0. The fraction of sp³-hybridized carbons (Fsp3) is 0.300. The van der Waals surface area contributed by atoms with Crippen LogP contribution in [0.25, 0.3) is 0 Å². The first-order valence-corrected chi connectivity index (χ1v) is 4.43. The Hall–Kier alpha value is -1.75. The monoisotopic (exact) mass is 211 g/mol. The van der Waals surface area contributed by atoms with Gasteiger partial charge in [0.25, 0.3) is 0 Å². The van der Waals surface area contributed by atoms with E-state index in [0.717, 1.165) is 0 Å². The second-order valence-electron chi connectivity index (χ2n) is 2.81. The summed E-state index contributed by atoms with van der Waals surface area (Å²) < 4.78 is 10.3. The quantitative estimate of drug-likeness (QED) is 0.750. The molecule has 1 aromatic carbocycles. The molecule has 0 saturated carbocycles. The van der Waals surface area contributed by atoms with E-state index in [9.17, 15) is 4.79 Å². The van der Waals surface area contributed by atoms with Crippen molar-refractivity contribution in [2.24, 2.45) is 5.73 Å². The summed E-state index contributed by atoms with van der Waals surface area (Å²) in [5.74, 6) is -0.116. The zero-order valence-electron chi connectivity index (χ0n) is 8.40. The number of methoxy groups -OCH3 is 1. The van der Waals surface area contributed by atoms with Crippen LogP contribution in [0, 0.1) is 0 Å². The molecule has 1 aromatic rings. The third kappa shape index (κ3) is 2.85. The number of hydrogen-bond acceptors (Lipinski definition) is 4. The molecule has 82 valence electrons. The molecule has 0 heterocycles. The highest BCUT2D eigenvalue weighted by Crippen LogP contribution is 2.27. The van der Waals surface area contributed by atoms with Crippen LogP contribution in [0.2, 0.25) is 0 Å². The summed E-state index contributed by atoms with van der Waals surface area (Å²) in [5, 5.41) is 8.76. The Kier molecular flexibility index (Phi) is 3.93. The van der Waals surface area contributed by atoms with Crippen molar-refractivity contribution in [3.8, 4) is 11.5 Å². The lowest BCUT2D eigenvalue weighted by Gasteiger charge is -2.10. The van der Waals surface area contributed by atoms with Crippen molar-refractivity contribution >= 4 is 5.97 Å². The minimum absolute atomic E-state index is 0.159. The standard InChI is InChI=1S/C10H13NO4/c1-14-9-6-7(10(12)13)2-3-8(9)15-5-4-11/h2-3,6H,4-5,11H2,1H3,(H,12,13). The number of carboxylic acid groups (broad SMARTS) is 1. The maximum Gasteiger partial charge on any atom is 0.335 e. The van der Waals surface area contributed by atoms with E-state index in [1.807, 2.05) is 0 Å². The van der Waals surface area contributed by atoms with E-state index in [1.54, 1.807) is 6.07 Å². The van der Waals surface area contributed by atoms with Crippen LogP contribution >= 0.6 is 0 Å². The summed E-state index contributed by atoms with van der Waals surface area (Å²) in [4.78, 5) is 10.7. The first-order valence-electron chi connectivity index (χ1n) is 4.43. The van der Waals surface area contributed by atoms with Crippen LogP contribution in [0.3, 0.4) is 0 Å². The van der Waals surface area contributed by atoms with Crippen LogP contribution in [0.5, 0.6) is 11.5 Å². The Morgan fingerprint density at radius 1 is 1.47 bits per heavy atom. The van der Waals surface area contributed by atoms with Gasteiger partial charge in [-0.05, 0) is 18.2 Å². The van der Waals surface area contributed by atoms with Crippen LogP contribution in [0.15, 0.2) is 18.2 Å². The molecular weight excluding hydrogens is 198 g/mol. The van der Waals surface area contributed by atoms with E-state index in [2.05, 4.69) is 0 Å². The Labute approximate surface area is 87.4 Å². The Morgan fingerprint density at radius 3 is 2.73 bits per heavy atom. The molecule has 0 unspecified atom stereocenters. The van der Waals surface area contributed by atoms with E-state index < -0.39 is 5.97 Å². The number of benzene rings is 1. The maximum atomic E-state index is 10.7. The van der Waals surface area contributed by atoms with Gasteiger partial charge in [0.15, 0.2) is 11.5 Å². The van der Waals surface area contributed by atoms with E-state index in [4.69, 9.17) is 20.3 Å². The minimum Gasteiger partial charge on any atom is -0.493 e. The van der Waals surface area contributed by atoms with Gasteiger partial charge in [-0.2, -0.15) is 0 Å². The van der Waals surface area contributed by atoms with Crippen molar-refractivity contribution in [1.82, 2.24) is 0 Å². The molecule has 0 fully saturated rings. The molecule has 15 heavy (non-hydrogen) atoms. The van der Waals surface area contributed by atoms with E-state index in [0.29, 0.717) is 24.7 Å². The van der Waals surface area contributed by atoms with Gasteiger partial charge in [0.2, 0.25) is 0 Å². The zero-order chi connectivity index (χ0) is 11.3. The summed E-state index contributed by atoms with van der Waals surface area (Å²) >= 11 is 0. The van der Waals surface area contributed by atoms with Gasteiger partial charge >= 0.3 is 5.97 Å². The molecule has 0 bridgehead atoms. The van der Waals surface area contributed by atoms with Crippen molar-refractivity contribution in [1.29, 1.82) is 0 Å². The van der Waals surface area contributed by atoms with Gasteiger partial charge < -0.3 is 20.3 Å². The number of aromatic carboxylic acids is 1. The van der Waals surface area contributed by atoms with Crippen molar-refractivity contribution in [3.63, 3.8) is 0 Å². The molecular formula is C10H13NO4. The summed E-state index contributed by atoms with van der Waals surface area (Å²) in [5.41, 5.74) is 5.45. The molecule has 0 aromatic heterocycles. The van der Waals surface area contributed by atoms with E-state index >= 15 is 0 Å². The molecule has 0 atom stereocenters. The Balaban J connectivity index is 2.93. The van der Waals surface area contributed by atoms with Crippen LogP contribution in [-0.4, -0.2) is 31.3 Å². The molecule has 0 amide bonds. The average Bonchev–Trinajstić information content (AvgIpc) is 2.25. The van der Waals surface area contributed by atoms with Crippen molar-refractivity contribution in [3.05, 3.63) is 23.8 Å². The predicted molar refractivity (Wildman–Crippen MR) is 54.5 cm³/mol. The van der Waals surface area contributed by atoms with Crippen LogP contribution in [-0.2, 0) is 0 Å². The lowest BCUT2D eigenvalue weighted by molar-refractivity contribution is 0.0696. The zero-order valence-corrected chi connectivity index (χ0v) is 8.40. The molecule has 0 saturated heterocycles. The van der Waals surface area contributed by atoms with Gasteiger partial charge in [-0.1, -0.05) is 0 Å². The lowest BCUT2D eigenvalue weighted by Crippen LogP contribution is -2.11.